The van der Waals surface area contributed by atoms with E-state index >= 15 is 0 Å². The molecule has 2 nitrogen and oxygen atoms in total. The lowest BCUT2D eigenvalue weighted by Gasteiger charge is -2.16. The van der Waals surface area contributed by atoms with Crippen LogP contribution in [0.25, 0.3) is 0 Å². The smallest absolute Gasteiger partial charge is 0.222 e. The summed E-state index contributed by atoms with van der Waals surface area (Å²) >= 11 is 5.51. The van der Waals surface area contributed by atoms with Crippen molar-refractivity contribution in [3.05, 3.63) is 0 Å². The van der Waals surface area contributed by atoms with Crippen LogP contribution in [0.15, 0.2) is 0 Å². The quantitative estimate of drug-likeness (QED) is 0.462. The minimum absolute atomic E-state index is 0.219. The number of hydrogen-bond acceptors (Lipinski definition) is 1. The first-order valence-corrected chi connectivity index (χ1v) is 5.55. The van der Waals surface area contributed by atoms with Crippen molar-refractivity contribution in [1.29, 1.82) is 0 Å². The Morgan fingerprint density at radius 3 is 2.54 bits per heavy atom. The summed E-state index contributed by atoms with van der Waals surface area (Å²) in [6, 6.07) is 0. The van der Waals surface area contributed by atoms with Gasteiger partial charge >= 0.3 is 0 Å². The number of carbonyl (C=O) groups is 1. The van der Waals surface area contributed by atoms with Crippen LogP contribution in [-0.4, -0.2) is 30.3 Å². The minimum atomic E-state index is 0.219. The van der Waals surface area contributed by atoms with E-state index in [0.717, 1.165) is 19.4 Å². The maximum absolute atomic E-state index is 11.4. The molecule has 0 aliphatic heterocycles. The van der Waals surface area contributed by atoms with E-state index in [1.54, 1.807) is 0 Å². The van der Waals surface area contributed by atoms with E-state index in [2.05, 4.69) is 6.92 Å². The van der Waals surface area contributed by atoms with Gasteiger partial charge in [-0.25, -0.2) is 0 Å². The number of amides is 1. The minimum Gasteiger partial charge on any atom is -0.346 e. The van der Waals surface area contributed by atoms with Gasteiger partial charge in [-0.05, 0) is 12.8 Å². The molecule has 0 N–H and O–H groups in total. The lowest BCUT2D eigenvalue weighted by atomic mass is 10.2. The zero-order valence-corrected chi connectivity index (χ0v) is 9.44. The van der Waals surface area contributed by atoms with Crippen LogP contribution in [0.4, 0.5) is 0 Å². The molecule has 0 unspecified atom stereocenters. The van der Waals surface area contributed by atoms with Gasteiger partial charge in [-0.3, -0.25) is 4.79 Å². The summed E-state index contributed by atoms with van der Waals surface area (Å²) in [5.74, 6) is 0.797. The summed E-state index contributed by atoms with van der Waals surface area (Å²) in [6.07, 6.45) is 4.89. The SMILES string of the molecule is CCCCCN(C)C(=O)CCCCl. The van der Waals surface area contributed by atoms with E-state index in [9.17, 15) is 4.79 Å². The summed E-state index contributed by atoms with van der Waals surface area (Å²) < 4.78 is 0. The van der Waals surface area contributed by atoms with Gasteiger partial charge in [0.25, 0.3) is 0 Å². The fourth-order valence-electron chi connectivity index (χ4n) is 1.13. The van der Waals surface area contributed by atoms with Gasteiger partial charge in [-0.2, -0.15) is 0 Å². The van der Waals surface area contributed by atoms with Crippen molar-refractivity contribution in [3.63, 3.8) is 0 Å². The van der Waals surface area contributed by atoms with E-state index in [-0.39, 0.29) is 5.91 Å². The van der Waals surface area contributed by atoms with E-state index in [0.29, 0.717) is 12.3 Å². The number of rotatable bonds is 7. The van der Waals surface area contributed by atoms with Crippen LogP contribution >= 0.6 is 11.6 Å². The Labute approximate surface area is 86.2 Å². The zero-order chi connectivity index (χ0) is 10.1. The number of nitrogens with zero attached hydrogens (tertiary/aromatic N) is 1. The molecule has 0 aromatic carbocycles. The molecule has 0 fully saturated rings. The third-order valence-corrected chi connectivity index (χ3v) is 2.31. The highest BCUT2D eigenvalue weighted by molar-refractivity contribution is 6.17. The summed E-state index contributed by atoms with van der Waals surface area (Å²) in [5, 5.41) is 0. The Morgan fingerprint density at radius 1 is 1.31 bits per heavy atom. The number of alkyl halides is 1. The molecule has 0 rings (SSSR count). The molecule has 0 aliphatic rings. The van der Waals surface area contributed by atoms with Crippen LogP contribution in [0.1, 0.15) is 39.0 Å². The van der Waals surface area contributed by atoms with Crippen molar-refractivity contribution in [2.24, 2.45) is 0 Å². The third kappa shape index (κ3) is 6.88. The van der Waals surface area contributed by atoms with Crippen molar-refractivity contribution >= 4 is 17.5 Å². The molecule has 0 aliphatic carbocycles. The van der Waals surface area contributed by atoms with Crippen LogP contribution in [0.3, 0.4) is 0 Å². The van der Waals surface area contributed by atoms with Crippen LogP contribution in [0, 0.1) is 0 Å². The second kappa shape index (κ2) is 8.36. The zero-order valence-electron chi connectivity index (χ0n) is 8.68. The molecule has 0 bridgehead atoms. The van der Waals surface area contributed by atoms with E-state index in [1.807, 2.05) is 11.9 Å². The monoisotopic (exact) mass is 205 g/mol. The molecule has 1 amide bonds. The van der Waals surface area contributed by atoms with Gasteiger partial charge in [0.05, 0.1) is 0 Å². The maximum atomic E-state index is 11.4. The first-order chi connectivity index (χ1) is 6.22. The fourth-order valence-corrected chi connectivity index (χ4v) is 1.27. The predicted octanol–water partition coefficient (Wildman–Crippen LogP) is 2.65. The largest absolute Gasteiger partial charge is 0.346 e. The molecule has 0 spiro atoms. The average Bonchev–Trinajstić information content (AvgIpc) is 2.14. The molecule has 0 atom stereocenters. The summed E-state index contributed by atoms with van der Waals surface area (Å²) in [4.78, 5) is 13.2. The second-order valence-electron chi connectivity index (χ2n) is 3.31. The molecule has 0 aromatic rings. The van der Waals surface area contributed by atoms with Crippen molar-refractivity contribution in [3.8, 4) is 0 Å². The van der Waals surface area contributed by atoms with E-state index in [4.69, 9.17) is 11.6 Å². The van der Waals surface area contributed by atoms with Crippen molar-refractivity contribution in [2.75, 3.05) is 19.5 Å². The molecule has 3 heteroatoms. The molecular formula is C10H20ClNO. The molecule has 0 saturated carbocycles. The van der Waals surface area contributed by atoms with Gasteiger partial charge in [0.2, 0.25) is 5.91 Å². The third-order valence-electron chi connectivity index (χ3n) is 2.05. The predicted molar refractivity (Wildman–Crippen MR) is 57.1 cm³/mol. The van der Waals surface area contributed by atoms with Gasteiger partial charge < -0.3 is 4.90 Å². The molecule has 0 saturated heterocycles. The Hall–Kier alpha value is -0.240. The van der Waals surface area contributed by atoms with Crippen LogP contribution in [0.5, 0.6) is 0 Å². The Bertz CT molecular complexity index is 139. The van der Waals surface area contributed by atoms with Gasteiger partial charge in [0, 0.05) is 25.9 Å². The number of carbonyl (C=O) groups excluding carboxylic acids is 1. The molecule has 13 heavy (non-hydrogen) atoms. The maximum Gasteiger partial charge on any atom is 0.222 e. The topological polar surface area (TPSA) is 20.3 Å². The van der Waals surface area contributed by atoms with E-state index in [1.165, 1.54) is 12.8 Å². The van der Waals surface area contributed by atoms with Gasteiger partial charge in [-0.1, -0.05) is 19.8 Å². The summed E-state index contributed by atoms with van der Waals surface area (Å²) in [5.41, 5.74) is 0. The Balaban J connectivity index is 3.45. The van der Waals surface area contributed by atoms with E-state index < -0.39 is 0 Å². The number of hydrogen-bond donors (Lipinski definition) is 0. The van der Waals surface area contributed by atoms with Gasteiger partial charge in [-0.15, -0.1) is 11.6 Å². The Morgan fingerprint density at radius 2 is 2.00 bits per heavy atom. The molecular weight excluding hydrogens is 186 g/mol. The molecule has 0 aromatic heterocycles. The van der Waals surface area contributed by atoms with Crippen molar-refractivity contribution in [2.45, 2.75) is 39.0 Å². The summed E-state index contributed by atoms with van der Waals surface area (Å²) in [6.45, 7) is 3.05. The highest BCUT2D eigenvalue weighted by Crippen LogP contribution is 2.00. The summed E-state index contributed by atoms with van der Waals surface area (Å²) in [7, 11) is 1.87. The lowest BCUT2D eigenvalue weighted by molar-refractivity contribution is -0.129. The highest BCUT2D eigenvalue weighted by Gasteiger charge is 2.06. The molecule has 0 heterocycles. The fraction of sp³-hybridized carbons (Fsp3) is 0.900. The van der Waals surface area contributed by atoms with Crippen LogP contribution in [-0.2, 0) is 4.79 Å². The molecule has 0 radical (unpaired) electrons. The standard InChI is InChI=1S/C10H20ClNO/c1-3-4-5-9-12(2)10(13)7-6-8-11/h3-9H2,1-2H3. The Kier molecular flexibility index (Phi) is 8.21. The van der Waals surface area contributed by atoms with Gasteiger partial charge in [0.15, 0.2) is 0 Å². The van der Waals surface area contributed by atoms with Crippen molar-refractivity contribution < 1.29 is 4.79 Å². The van der Waals surface area contributed by atoms with Crippen molar-refractivity contribution in [1.82, 2.24) is 4.90 Å². The second-order valence-corrected chi connectivity index (χ2v) is 3.69. The average molecular weight is 206 g/mol. The van der Waals surface area contributed by atoms with Crippen LogP contribution < -0.4 is 0 Å². The normalized spacial score (nSPS) is 10.1. The number of unbranched alkanes of at least 4 members (excludes halogenated alkanes) is 2. The first kappa shape index (κ1) is 12.8. The van der Waals surface area contributed by atoms with Crippen LogP contribution in [0.2, 0.25) is 0 Å². The number of halogens is 1. The lowest BCUT2D eigenvalue weighted by Crippen LogP contribution is -2.27. The first-order valence-electron chi connectivity index (χ1n) is 5.02. The highest BCUT2D eigenvalue weighted by atomic mass is 35.5. The van der Waals surface area contributed by atoms with Gasteiger partial charge in [0.1, 0.15) is 0 Å². The molecule has 78 valence electrons.